The predicted molar refractivity (Wildman–Crippen MR) is 133 cm³/mol. The summed E-state index contributed by atoms with van der Waals surface area (Å²) in [6, 6.07) is 0. The SMILES string of the molecule is CCC(C)(CC)OC(=O)CO[C@@H](C)[C@H]1CC[C@H]2C3=CC=C4C[C@@H](O)C[C@H](O)[C@]4(C)[C@H]3CC[C@]12C. The van der Waals surface area contributed by atoms with Crippen LogP contribution in [0.3, 0.4) is 0 Å². The Balaban J connectivity index is 1.46. The number of carbonyl (C=O) groups excluding carboxylic acids is 1. The number of hydrogen-bond acceptors (Lipinski definition) is 5. The number of allylic oxidation sites excluding steroid dienone is 3. The number of rotatable bonds is 7. The van der Waals surface area contributed by atoms with Crippen LogP contribution in [0.2, 0.25) is 0 Å². The van der Waals surface area contributed by atoms with Gasteiger partial charge in [0.25, 0.3) is 0 Å². The van der Waals surface area contributed by atoms with Gasteiger partial charge < -0.3 is 19.7 Å². The molecule has 0 saturated heterocycles. The van der Waals surface area contributed by atoms with Gasteiger partial charge in [0.15, 0.2) is 0 Å². The summed E-state index contributed by atoms with van der Waals surface area (Å²) in [5.74, 6) is 0.952. The minimum Gasteiger partial charge on any atom is -0.458 e. The number of ether oxygens (including phenoxy) is 2. The van der Waals surface area contributed by atoms with Crippen LogP contribution in [0.25, 0.3) is 0 Å². The van der Waals surface area contributed by atoms with Crippen molar-refractivity contribution in [3.63, 3.8) is 0 Å². The molecular formula is C29H46O5. The first kappa shape index (κ1) is 25.9. The van der Waals surface area contributed by atoms with Gasteiger partial charge in [0.05, 0.1) is 18.3 Å². The van der Waals surface area contributed by atoms with Crippen molar-refractivity contribution < 1.29 is 24.5 Å². The lowest BCUT2D eigenvalue weighted by Gasteiger charge is -2.56. The fourth-order valence-corrected chi connectivity index (χ4v) is 7.87. The summed E-state index contributed by atoms with van der Waals surface area (Å²) >= 11 is 0. The van der Waals surface area contributed by atoms with E-state index in [1.165, 1.54) is 11.1 Å². The average molecular weight is 475 g/mol. The van der Waals surface area contributed by atoms with E-state index in [9.17, 15) is 15.0 Å². The van der Waals surface area contributed by atoms with Gasteiger partial charge in [0, 0.05) is 11.8 Å². The fourth-order valence-electron chi connectivity index (χ4n) is 7.87. The Morgan fingerprint density at radius 3 is 2.53 bits per heavy atom. The molecule has 192 valence electrons. The monoisotopic (exact) mass is 474 g/mol. The molecule has 0 aromatic heterocycles. The lowest BCUT2D eigenvalue weighted by Crippen LogP contribution is -2.52. The molecule has 3 fully saturated rings. The van der Waals surface area contributed by atoms with Gasteiger partial charge in [0.1, 0.15) is 12.2 Å². The molecule has 0 aromatic rings. The third kappa shape index (κ3) is 4.20. The Morgan fingerprint density at radius 2 is 1.85 bits per heavy atom. The number of aliphatic hydroxyl groups excluding tert-OH is 2. The number of carbonyl (C=O) groups is 1. The topological polar surface area (TPSA) is 76.0 Å². The van der Waals surface area contributed by atoms with Gasteiger partial charge in [-0.1, -0.05) is 51.0 Å². The van der Waals surface area contributed by atoms with E-state index in [-0.39, 0.29) is 29.5 Å². The van der Waals surface area contributed by atoms with Crippen molar-refractivity contribution in [2.24, 2.45) is 28.6 Å². The van der Waals surface area contributed by atoms with Crippen LogP contribution >= 0.6 is 0 Å². The molecular weight excluding hydrogens is 428 g/mol. The van der Waals surface area contributed by atoms with Crippen LogP contribution in [-0.2, 0) is 14.3 Å². The molecule has 4 rings (SSSR count). The van der Waals surface area contributed by atoms with Crippen molar-refractivity contribution in [3.05, 3.63) is 23.3 Å². The van der Waals surface area contributed by atoms with Gasteiger partial charge in [-0.3, -0.25) is 0 Å². The van der Waals surface area contributed by atoms with E-state index >= 15 is 0 Å². The van der Waals surface area contributed by atoms with E-state index in [2.05, 4.69) is 32.9 Å². The van der Waals surface area contributed by atoms with Gasteiger partial charge in [-0.05, 0) is 82.0 Å². The second-order valence-corrected chi connectivity index (χ2v) is 12.2. The minimum atomic E-state index is -0.497. The summed E-state index contributed by atoms with van der Waals surface area (Å²) in [6.07, 6.45) is 10.7. The van der Waals surface area contributed by atoms with Gasteiger partial charge in [-0.25, -0.2) is 4.79 Å². The van der Waals surface area contributed by atoms with Crippen molar-refractivity contribution in [3.8, 4) is 0 Å². The smallest absolute Gasteiger partial charge is 0.332 e. The molecule has 0 spiro atoms. The molecule has 4 aliphatic rings. The van der Waals surface area contributed by atoms with Crippen LogP contribution in [0.15, 0.2) is 23.3 Å². The third-order valence-electron chi connectivity index (χ3n) is 10.6. The number of hydrogen-bond donors (Lipinski definition) is 2. The number of aliphatic hydroxyl groups is 2. The van der Waals surface area contributed by atoms with Crippen LogP contribution in [0.5, 0.6) is 0 Å². The van der Waals surface area contributed by atoms with Crippen molar-refractivity contribution in [2.75, 3.05) is 6.61 Å². The normalized spacial score (nSPS) is 40.4. The van der Waals surface area contributed by atoms with Crippen LogP contribution < -0.4 is 0 Å². The largest absolute Gasteiger partial charge is 0.458 e. The molecule has 3 saturated carbocycles. The third-order valence-corrected chi connectivity index (χ3v) is 10.6. The van der Waals surface area contributed by atoms with Gasteiger partial charge in [-0.2, -0.15) is 0 Å². The van der Waals surface area contributed by atoms with E-state index < -0.39 is 17.8 Å². The van der Waals surface area contributed by atoms with Crippen molar-refractivity contribution in [1.82, 2.24) is 0 Å². The zero-order valence-corrected chi connectivity index (χ0v) is 22.1. The maximum Gasteiger partial charge on any atom is 0.332 e. The molecule has 4 aliphatic carbocycles. The molecule has 8 atom stereocenters. The van der Waals surface area contributed by atoms with Crippen LogP contribution in [-0.4, -0.2) is 46.7 Å². The standard InChI is InChI=1S/C29H46O5/c1-7-27(4,8-2)34-26(32)17-33-18(3)22-11-12-23-21-10-9-19-15-20(30)16-25(31)29(19,6)24(21)13-14-28(22,23)5/h9-10,18,20,22-25,30-31H,7-8,11-17H2,1-6H3/t18-,20+,22+,23-,24-,25-,28+,29-/m0/s1. The maximum atomic E-state index is 12.5. The number of fused-ring (bicyclic) bond motifs is 5. The first-order valence-electron chi connectivity index (χ1n) is 13.6. The fraction of sp³-hybridized carbons (Fsp3) is 0.828. The van der Waals surface area contributed by atoms with Gasteiger partial charge >= 0.3 is 5.97 Å². The van der Waals surface area contributed by atoms with E-state index in [4.69, 9.17) is 9.47 Å². The first-order chi connectivity index (χ1) is 16.0. The summed E-state index contributed by atoms with van der Waals surface area (Å²) in [4.78, 5) is 12.5. The van der Waals surface area contributed by atoms with E-state index in [1.54, 1.807) is 0 Å². The van der Waals surface area contributed by atoms with E-state index in [1.807, 2.05) is 20.8 Å². The van der Waals surface area contributed by atoms with Gasteiger partial charge in [-0.15, -0.1) is 0 Å². The van der Waals surface area contributed by atoms with Crippen molar-refractivity contribution in [2.45, 2.75) is 117 Å². The highest BCUT2D eigenvalue weighted by molar-refractivity contribution is 5.71. The minimum absolute atomic E-state index is 0.00472. The Bertz CT molecular complexity index is 841. The lowest BCUT2D eigenvalue weighted by atomic mass is 9.49. The van der Waals surface area contributed by atoms with Crippen LogP contribution in [0.1, 0.15) is 92.9 Å². The molecule has 5 heteroatoms. The van der Waals surface area contributed by atoms with Gasteiger partial charge in [0.2, 0.25) is 0 Å². The van der Waals surface area contributed by atoms with Crippen LogP contribution in [0, 0.1) is 28.6 Å². The molecule has 2 N–H and O–H groups in total. The summed E-state index contributed by atoms with van der Waals surface area (Å²) in [7, 11) is 0. The highest BCUT2D eigenvalue weighted by atomic mass is 16.6. The van der Waals surface area contributed by atoms with Crippen LogP contribution in [0.4, 0.5) is 0 Å². The molecule has 0 unspecified atom stereocenters. The maximum absolute atomic E-state index is 12.5. The average Bonchev–Trinajstić information content (AvgIpc) is 3.15. The second-order valence-electron chi connectivity index (χ2n) is 12.2. The Morgan fingerprint density at radius 1 is 1.15 bits per heavy atom. The highest BCUT2D eigenvalue weighted by Gasteiger charge is 2.59. The summed E-state index contributed by atoms with van der Waals surface area (Å²) in [5, 5.41) is 21.3. The zero-order valence-electron chi connectivity index (χ0n) is 22.1. The Labute approximate surface area is 206 Å². The second kappa shape index (κ2) is 9.37. The molecule has 5 nitrogen and oxygen atoms in total. The van der Waals surface area contributed by atoms with Crippen molar-refractivity contribution in [1.29, 1.82) is 0 Å². The first-order valence-corrected chi connectivity index (χ1v) is 13.6. The Kier molecular flexibility index (Phi) is 7.14. The van der Waals surface area contributed by atoms with E-state index in [0.717, 1.165) is 38.5 Å². The molecule has 0 aromatic carbocycles. The summed E-state index contributed by atoms with van der Waals surface area (Å²) < 4.78 is 11.8. The predicted octanol–water partition coefficient (Wildman–Crippen LogP) is 5.34. The molecule has 0 amide bonds. The van der Waals surface area contributed by atoms with Crippen molar-refractivity contribution >= 4 is 5.97 Å². The summed E-state index contributed by atoms with van der Waals surface area (Å²) in [5.41, 5.74) is 2.16. The van der Waals surface area contributed by atoms with E-state index in [0.29, 0.717) is 30.6 Å². The quantitative estimate of drug-likeness (QED) is 0.487. The lowest BCUT2D eigenvalue weighted by molar-refractivity contribution is -0.168. The molecule has 34 heavy (non-hydrogen) atoms. The zero-order chi connectivity index (χ0) is 24.9. The highest BCUT2D eigenvalue weighted by Crippen LogP contribution is 2.65. The summed E-state index contributed by atoms with van der Waals surface area (Å²) in [6.45, 7) is 12.8. The molecule has 0 aliphatic heterocycles. The molecule has 0 bridgehead atoms. The Hall–Kier alpha value is -1.17. The number of esters is 1. The molecule has 0 radical (unpaired) electrons. The molecule has 0 heterocycles.